The van der Waals surface area contributed by atoms with Crippen molar-refractivity contribution in [3.63, 3.8) is 0 Å². The average Bonchev–Trinajstić information content (AvgIpc) is 2.88. The summed E-state index contributed by atoms with van der Waals surface area (Å²) in [6.07, 6.45) is 2.08. The Hall–Kier alpha value is -0.393. The molecule has 1 N–H and O–H groups in total. The molecule has 1 aliphatic carbocycles. The first-order valence-corrected chi connectivity index (χ1v) is 12.0. The number of hydrogen-bond donors (Lipinski definition) is 1. The number of carbonyl (C=O) groups is 1. The van der Waals surface area contributed by atoms with Crippen LogP contribution in [-0.4, -0.2) is 38.6 Å². The number of hydrogen-bond acceptors (Lipinski definition) is 4. The van der Waals surface area contributed by atoms with Gasteiger partial charge < -0.3 is 14.5 Å². The standard InChI is InChI=1S/C18H35NO3Si/c1-9-21-16(20)15-13-10-11-18(6,14(13)12(2)19-15)22-23(7,8)17(3,4)5/h12-15,19H,9-11H2,1-8H3/t12-,13+,14+,15+,18-/m1/s1. The molecular formula is C18H35NO3Si. The third kappa shape index (κ3) is 3.38. The summed E-state index contributed by atoms with van der Waals surface area (Å²) in [6, 6.07) is 0.117. The Labute approximate surface area is 142 Å². The van der Waals surface area contributed by atoms with Gasteiger partial charge in [0.25, 0.3) is 0 Å². The highest BCUT2D eigenvalue weighted by molar-refractivity contribution is 6.74. The normalized spacial score (nSPS) is 37.7. The molecule has 0 bridgehead atoms. The van der Waals surface area contributed by atoms with Crippen LogP contribution in [0.5, 0.6) is 0 Å². The molecule has 0 radical (unpaired) electrons. The number of rotatable bonds is 4. The maximum atomic E-state index is 12.3. The SMILES string of the molecule is CCOC(=O)[C@H]1N[C@H](C)[C@H]2[C@@H]1CC[C@@]2(C)O[Si](C)(C)C(C)(C)C. The fourth-order valence-corrected chi connectivity index (χ4v) is 6.08. The third-order valence-electron chi connectivity index (χ3n) is 6.38. The predicted octanol–water partition coefficient (Wildman–Crippen LogP) is 3.72. The van der Waals surface area contributed by atoms with E-state index in [0.717, 1.165) is 12.8 Å². The van der Waals surface area contributed by atoms with Gasteiger partial charge in [-0.15, -0.1) is 0 Å². The van der Waals surface area contributed by atoms with Gasteiger partial charge in [0.05, 0.1) is 12.2 Å². The first-order chi connectivity index (χ1) is 10.4. The number of nitrogens with one attached hydrogen (secondary N) is 1. The van der Waals surface area contributed by atoms with Crippen molar-refractivity contribution in [2.45, 2.75) is 90.2 Å². The van der Waals surface area contributed by atoms with Crippen LogP contribution in [0.15, 0.2) is 0 Å². The van der Waals surface area contributed by atoms with E-state index in [4.69, 9.17) is 9.16 Å². The molecule has 2 fully saturated rings. The molecule has 0 aromatic rings. The summed E-state index contributed by atoms with van der Waals surface area (Å²) in [5.74, 6) is 0.619. The molecule has 134 valence electrons. The molecule has 0 unspecified atom stereocenters. The number of ether oxygens (including phenoxy) is 1. The Balaban J connectivity index is 2.20. The maximum Gasteiger partial charge on any atom is 0.323 e. The lowest BCUT2D eigenvalue weighted by Crippen LogP contribution is -2.52. The molecule has 4 nitrogen and oxygen atoms in total. The minimum Gasteiger partial charge on any atom is -0.465 e. The van der Waals surface area contributed by atoms with Gasteiger partial charge in [-0.1, -0.05) is 20.8 Å². The van der Waals surface area contributed by atoms with Crippen molar-refractivity contribution in [3.05, 3.63) is 0 Å². The van der Waals surface area contributed by atoms with Crippen LogP contribution in [0, 0.1) is 11.8 Å². The van der Waals surface area contributed by atoms with Gasteiger partial charge >= 0.3 is 5.97 Å². The lowest BCUT2D eigenvalue weighted by atomic mass is 9.83. The van der Waals surface area contributed by atoms with E-state index in [9.17, 15) is 4.79 Å². The largest absolute Gasteiger partial charge is 0.465 e. The number of fused-ring (bicyclic) bond motifs is 1. The zero-order chi connectivity index (χ0) is 17.6. The molecule has 2 rings (SSSR count). The van der Waals surface area contributed by atoms with Crippen LogP contribution in [0.3, 0.4) is 0 Å². The molecule has 0 aromatic heterocycles. The third-order valence-corrected chi connectivity index (χ3v) is 11.0. The van der Waals surface area contributed by atoms with Crippen LogP contribution in [0.25, 0.3) is 0 Å². The Morgan fingerprint density at radius 3 is 2.48 bits per heavy atom. The molecule has 2 aliphatic rings. The smallest absolute Gasteiger partial charge is 0.323 e. The van der Waals surface area contributed by atoms with Gasteiger partial charge in [0.1, 0.15) is 6.04 Å². The highest BCUT2D eigenvalue weighted by Crippen LogP contribution is 2.52. The molecule has 1 saturated carbocycles. The molecular weight excluding hydrogens is 306 g/mol. The molecule has 0 spiro atoms. The first kappa shape index (κ1) is 18.9. The molecule has 0 aromatic carbocycles. The van der Waals surface area contributed by atoms with E-state index in [1.807, 2.05) is 6.92 Å². The quantitative estimate of drug-likeness (QED) is 0.625. The van der Waals surface area contributed by atoms with Gasteiger partial charge in [-0.3, -0.25) is 4.79 Å². The lowest BCUT2D eigenvalue weighted by Gasteiger charge is -2.46. The van der Waals surface area contributed by atoms with Crippen LogP contribution in [0.1, 0.15) is 54.4 Å². The maximum absolute atomic E-state index is 12.3. The fourth-order valence-electron chi connectivity index (χ4n) is 4.37. The second-order valence-electron chi connectivity index (χ2n) is 9.09. The fraction of sp³-hybridized carbons (Fsp3) is 0.944. The summed E-state index contributed by atoms with van der Waals surface area (Å²) >= 11 is 0. The molecule has 1 aliphatic heterocycles. The minimum atomic E-state index is -1.84. The molecule has 5 heteroatoms. The van der Waals surface area contributed by atoms with Gasteiger partial charge in [-0.2, -0.15) is 0 Å². The van der Waals surface area contributed by atoms with Crippen LogP contribution >= 0.6 is 0 Å². The van der Waals surface area contributed by atoms with E-state index in [1.165, 1.54) is 0 Å². The topological polar surface area (TPSA) is 47.6 Å². The van der Waals surface area contributed by atoms with Crippen LogP contribution in [0.2, 0.25) is 18.1 Å². The Morgan fingerprint density at radius 1 is 1.35 bits per heavy atom. The number of carbonyl (C=O) groups excluding carboxylic acids is 1. The van der Waals surface area contributed by atoms with Crippen molar-refractivity contribution < 1.29 is 14.0 Å². The van der Waals surface area contributed by atoms with Crippen molar-refractivity contribution in [1.82, 2.24) is 5.32 Å². The van der Waals surface area contributed by atoms with E-state index in [-0.39, 0.29) is 28.7 Å². The van der Waals surface area contributed by atoms with Crippen molar-refractivity contribution in [2.75, 3.05) is 6.61 Å². The van der Waals surface area contributed by atoms with Gasteiger partial charge in [0.2, 0.25) is 0 Å². The molecule has 1 saturated heterocycles. The number of esters is 1. The Bertz CT molecular complexity index is 460. The zero-order valence-electron chi connectivity index (χ0n) is 16.2. The summed E-state index contributed by atoms with van der Waals surface area (Å²) in [4.78, 5) is 12.3. The minimum absolute atomic E-state index is 0.0940. The van der Waals surface area contributed by atoms with Gasteiger partial charge in [0, 0.05) is 12.0 Å². The van der Waals surface area contributed by atoms with E-state index < -0.39 is 8.32 Å². The lowest BCUT2D eigenvalue weighted by molar-refractivity contribution is -0.146. The first-order valence-electron chi connectivity index (χ1n) is 9.06. The molecule has 1 heterocycles. The van der Waals surface area contributed by atoms with Crippen LogP contribution in [-0.2, 0) is 14.0 Å². The molecule has 23 heavy (non-hydrogen) atoms. The predicted molar refractivity (Wildman–Crippen MR) is 95.9 cm³/mol. The summed E-state index contributed by atoms with van der Waals surface area (Å²) in [6.45, 7) is 18.3. The highest BCUT2D eigenvalue weighted by atomic mass is 28.4. The average molecular weight is 342 g/mol. The van der Waals surface area contributed by atoms with Crippen LogP contribution in [0.4, 0.5) is 0 Å². The van der Waals surface area contributed by atoms with Crippen LogP contribution < -0.4 is 5.32 Å². The van der Waals surface area contributed by atoms with E-state index in [1.54, 1.807) is 0 Å². The summed E-state index contributed by atoms with van der Waals surface area (Å²) in [7, 11) is -1.84. The Kier molecular flexibility index (Phi) is 5.07. The van der Waals surface area contributed by atoms with Gasteiger partial charge in [-0.25, -0.2) is 0 Å². The van der Waals surface area contributed by atoms with E-state index in [0.29, 0.717) is 18.4 Å². The second-order valence-corrected chi connectivity index (χ2v) is 13.8. The van der Waals surface area contributed by atoms with E-state index in [2.05, 4.69) is 53.0 Å². The summed E-state index contributed by atoms with van der Waals surface area (Å²) in [5, 5.41) is 3.68. The van der Waals surface area contributed by atoms with Crippen molar-refractivity contribution >= 4 is 14.3 Å². The summed E-state index contributed by atoms with van der Waals surface area (Å²) in [5.41, 5.74) is -0.138. The van der Waals surface area contributed by atoms with Crippen molar-refractivity contribution in [3.8, 4) is 0 Å². The van der Waals surface area contributed by atoms with Crippen molar-refractivity contribution in [1.29, 1.82) is 0 Å². The zero-order valence-corrected chi connectivity index (χ0v) is 17.2. The molecule has 0 amide bonds. The Morgan fingerprint density at radius 2 is 1.96 bits per heavy atom. The van der Waals surface area contributed by atoms with Crippen molar-refractivity contribution in [2.24, 2.45) is 11.8 Å². The monoisotopic (exact) mass is 341 g/mol. The van der Waals surface area contributed by atoms with Gasteiger partial charge in [-0.05, 0) is 57.7 Å². The van der Waals surface area contributed by atoms with E-state index >= 15 is 0 Å². The highest BCUT2D eigenvalue weighted by Gasteiger charge is 2.59. The summed E-state index contributed by atoms with van der Waals surface area (Å²) < 4.78 is 12.1. The molecule has 5 atom stereocenters. The van der Waals surface area contributed by atoms with Gasteiger partial charge in [0.15, 0.2) is 8.32 Å². The second kappa shape index (κ2) is 6.16.